The van der Waals surface area contributed by atoms with Crippen molar-refractivity contribution >= 4 is 35.0 Å². The Hall–Kier alpha value is -2.44. The van der Waals surface area contributed by atoms with Crippen LogP contribution < -0.4 is 14.8 Å². The van der Waals surface area contributed by atoms with Crippen LogP contribution in [0.2, 0.25) is 10.0 Å². The van der Waals surface area contributed by atoms with Crippen molar-refractivity contribution in [3.63, 3.8) is 0 Å². The van der Waals surface area contributed by atoms with Gasteiger partial charge in [-0.25, -0.2) is 0 Å². The molecule has 32 heavy (non-hydrogen) atoms. The lowest BCUT2D eigenvalue weighted by molar-refractivity contribution is -0.140. The van der Waals surface area contributed by atoms with Gasteiger partial charge in [0.1, 0.15) is 6.04 Å². The fourth-order valence-corrected chi connectivity index (χ4v) is 3.59. The third-order valence-corrected chi connectivity index (χ3v) is 5.73. The molecule has 8 heteroatoms. The second-order valence-corrected chi connectivity index (χ2v) is 8.02. The smallest absolute Gasteiger partial charge is 0.242 e. The number of carbonyl (C=O) groups is 2. The van der Waals surface area contributed by atoms with E-state index in [-0.39, 0.29) is 24.8 Å². The molecule has 1 atom stereocenters. The fraction of sp³-hybridized carbons (Fsp3) is 0.417. The van der Waals surface area contributed by atoms with Crippen molar-refractivity contribution in [2.45, 2.75) is 46.2 Å². The normalized spacial score (nSPS) is 11.6. The van der Waals surface area contributed by atoms with E-state index in [4.69, 9.17) is 32.7 Å². The van der Waals surface area contributed by atoms with Crippen LogP contribution in [0.4, 0.5) is 0 Å². The van der Waals surface area contributed by atoms with Gasteiger partial charge in [-0.05, 0) is 62.6 Å². The van der Waals surface area contributed by atoms with Crippen LogP contribution in [0.1, 0.15) is 38.3 Å². The molecule has 2 rings (SSSR count). The molecule has 0 aromatic heterocycles. The Morgan fingerprint density at radius 1 is 0.969 bits per heavy atom. The second-order valence-electron chi connectivity index (χ2n) is 7.21. The molecule has 2 aromatic carbocycles. The predicted octanol–water partition coefficient (Wildman–Crippen LogP) is 4.89. The summed E-state index contributed by atoms with van der Waals surface area (Å²) in [5.41, 5.74) is 1.75. The van der Waals surface area contributed by atoms with Gasteiger partial charge in [-0.1, -0.05) is 35.3 Å². The van der Waals surface area contributed by atoms with Crippen molar-refractivity contribution in [2.75, 3.05) is 20.3 Å². The molecule has 0 spiro atoms. The number of aryl methyl sites for hydroxylation is 1. The SMILES string of the molecule is CCOc1ccc(CCC(=O)N(Cc2ccc(Cl)c(Cl)c2)[C@H](C)C(=O)NC)cc1OCC. The molecular formula is C24H30Cl2N2O4. The minimum absolute atomic E-state index is 0.140. The summed E-state index contributed by atoms with van der Waals surface area (Å²) in [5, 5.41) is 3.45. The first kappa shape index (κ1) is 25.8. The number of carbonyl (C=O) groups excluding carboxylic acids is 2. The van der Waals surface area contributed by atoms with Gasteiger partial charge in [-0.2, -0.15) is 0 Å². The number of likely N-dealkylation sites (N-methyl/N-ethyl adjacent to an activating group) is 1. The van der Waals surface area contributed by atoms with Gasteiger partial charge in [0.2, 0.25) is 11.8 Å². The van der Waals surface area contributed by atoms with E-state index in [2.05, 4.69) is 5.32 Å². The van der Waals surface area contributed by atoms with E-state index >= 15 is 0 Å². The van der Waals surface area contributed by atoms with Gasteiger partial charge < -0.3 is 19.7 Å². The third-order valence-electron chi connectivity index (χ3n) is 4.99. The number of hydrogen-bond acceptors (Lipinski definition) is 4. The Balaban J connectivity index is 2.17. The molecular weight excluding hydrogens is 451 g/mol. The largest absolute Gasteiger partial charge is 0.490 e. The highest BCUT2D eigenvalue weighted by Gasteiger charge is 2.25. The fourth-order valence-electron chi connectivity index (χ4n) is 3.27. The van der Waals surface area contributed by atoms with Crippen LogP contribution in [0.15, 0.2) is 36.4 Å². The Labute approximate surface area is 199 Å². The van der Waals surface area contributed by atoms with Gasteiger partial charge in [-0.3, -0.25) is 9.59 Å². The van der Waals surface area contributed by atoms with Crippen LogP contribution in [0.3, 0.4) is 0 Å². The number of hydrogen-bond donors (Lipinski definition) is 1. The van der Waals surface area contributed by atoms with Crippen molar-refractivity contribution in [3.05, 3.63) is 57.6 Å². The molecule has 174 valence electrons. The van der Waals surface area contributed by atoms with Crippen LogP contribution >= 0.6 is 23.2 Å². The van der Waals surface area contributed by atoms with E-state index in [1.165, 1.54) is 0 Å². The van der Waals surface area contributed by atoms with Crippen LogP contribution in [0.25, 0.3) is 0 Å². The van der Waals surface area contributed by atoms with Crippen LogP contribution in [0.5, 0.6) is 11.5 Å². The molecule has 6 nitrogen and oxygen atoms in total. The highest BCUT2D eigenvalue weighted by Crippen LogP contribution is 2.29. The molecule has 0 saturated heterocycles. The maximum absolute atomic E-state index is 13.1. The van der Waals surface area contributed by atoms with Crippen LogP contribution in [-0.2, 0) is 22.6 Å². The van der Waals surface area contributed by atoms with Gasteiger partial charge in [0.25, 0.3) is 0 Å². The molecule has 0 aliphatic heterocycles. The van der Waals surface area contributed by atoms with Gasteiger partial charge in [0.05, 0.1) is 23.3 Å². The van der Waals surface area contributed by atoms with Crippen LogP contribution in [-0.4, -0.2) is 43.0 Å². The molecule has 0 bridgehead atoms. The monoisotopic (exact) mass is 480 g/mol. The van der Waals surface area contributed by atoms with Gasteiger partial charge in [0, 0.05) is 20.0 Å². The summed E-state index contributed by atoms with van der Waals surface area (Å²) < 4.78 is 11.3. The average Bonchev–Trinajstić information content (AvgIpc) is 2.78. The first-order valence-corrected chi connectivity index (χ1v) is 11.4. The zero-order valence-corrected chi connectivity index (χ0v) is 20.4. The van der Waals surface area contributed by atoms with Gasteiger partial charge in [0.15, 0.2) is 11.5 Å². The molecule has 2 amide bonds. The molecule has 0 heterocycles. The molecule has 0 aliphatic rings. The van der Waals surface area contributed by atoms with Crippen molar-refractivity contribution in [3.8, 4) is 11.5 Å². The van der Waals surface area contributed by atoms with Crippen molar-refractivity contribution in [2.24, 2.45) is 0 Å². The van der Waals surface area contributed by atoms with Gasteiger partial charge >= 0.3 is 0 Å². The molecule has 0 fully saturated rings. The number of rotatable bonds is 11. The lowest BCUT2D eigenvalue weighted by Gasteiger charge is -2.28. The van der Waals surface area contributed by atoms with E-state index in [0.717, 1.165) is 11.1 Å². The topological polar surface area (TPSA) is 67.9 Å². The molecule has 0 radical (unpaired) electrons. The molecule has 1 N–H and O–H groups in total. The summed E-state index contributed by atoms with van der Waals surface area (Å²) in [5.74, 6) is 0.960. The number of amides is 2. The van der Waals surface area contributed by atoms with E-state index < -0.39 is 6.04 Å². The molecule has 2 aromatic rings. The first-order chi connectivity index (χ1) is 15.3. The van der Waals surface area contributed by atoms with Crippen molar-refractivity contribution < 1.29 is 19.1 Å². The standard InChI is InChI=1S/C24H30Cl2N2O4/c1-5-31-21-11-8-17(14-22(21)32-6-2)9-12-23(29)28(16(3)24(30)27-4)15-18-7-10-19(25)20(26)13-18/h7-8,10-11,13-14,16H,5-6,9,12,15H2,1-4H3,(H,27,30)/t16-/m1/s1. The van der Waals surface area contributed by atoms with E-state index in [1.807, 2.05) is 32.0 Å². The Bertz CT molecular complexity index is 936. The summed E-state index contributed by atoms with van der Waals surface area (Å²) >= 11 is 12.1. The van der Waals surface area contributed by atoms with E-state index in [9.17, 15) is 9.59 Å². The average molecular weight is 481 g/mol. The maximum Gasteiger partial charge on any atom is 0.242 e. The predicted molar refractivity (Wildman–Crippen MR) is 128 cm³/mol. The number of halogens is 2. The number of benzene rings is 2. The zero-order valence-electron chi connectivity index (χ0n) is 18.9. The third kappa shape index (κ3) is 7.04. The maximum atomic E-state index is 13.1. The summed E-state index contributed by atoms with van der Waals surface area (Å²) in [4.78, 5) is 27.0. The zero-order chi connectivity index (χ0) is 23.7. The van der Waals surface area contributed by atoms with E-state index in [0.29, 0.717) is 41.2 Å². The first-order valence-electron chi connectivity index (χ1n) is 10.6. The lowest BCUT2D eigenvalue weighted by Crippen LogP contribution is -2.46. The minimum Gasteiger partial charge on any atom is -0.490 e. The lowest BCUT2D eigenvalue weighted by atomic mass is 10.1. The highest BCUT2D eigenvalue weighted by molar-refractivity contribution is 6.42. The molecule has 0 saturated carbocycles. The van der Waals surface area contributed by atoms with Crippen LogP contribution in [0, 0.1) is 0 Å². The Kier molecular flexibility index (Phi) is 10.1. The Morgan fingerprint density at radius 3 is 2.25 bits per heavy atom. The number of ether oxygens (including phenoxy) is 2. The summed E-state index contributed by atoms with van der Waals surface area (Å²) in [6.07, 6.45) is 0.742. The van der Waals surface area contributed by atoms with E-state index in [1.54, 1.807) is 37.1 Å². The van der Waals surface area contributed by atoms with Gasteiger partial charge in [-0.15, -0.1) is 0 Å². The molecule has 0 aliphatic carbocycles. The highest BCUT2D eigenvalue weighted by atomic mass is 35.5. The summed E-state index contributed by atoms with van der Waals surface area (Å²) in [6.45, 7) is 6.84. The summed E-state index contributed by atoms with van der Waals surface area (Å²) in [7, 11) is 1.55. The minimum atomic E-state index is -0.638. The van der Waals surface area contributed by atoms with Crippen molar-refractivity contribution in [1.82, 2.24) is 10.2 Å². The second kappa shape index (κ2) is 12.6. The quantitative estimate of drug-likeness (QED) is 0.497. The summed E-state index contributed by atoms with van der Waals surface area (Å²) in [6, 6.07) is 10.2. The number of nitrogens with one attached hydrogen (secondary N) is 1. The Morgan fingerprint density at radius 2 is 1.62 bits per heavy atom. The molecule has 0 unspecified atom stereocenters. The number of nitrogens with zero attached hydrogens (tertiary/aromatic N) is 1. The van der Waals surface area contributed by atoms with Crippen molar-refractivity contribution in [1.29, 1.82) is 0 Å².